The summed E-state index contributed by atoms with van der Waals surface area (Å²) in [5, 5.41) is 12.2. The molecule has 1 aromatic heterocycles. The number of hydrogen-bond donors (Lipinski definition) is 1. The SMILES string of the molecule is Cc1ccnc(NCC(C)N(C)C)c1C#N. The van der Waals surface area contributed by atoms with Crippen LogP contribution in [0.1, 0.15) is 18.1 Å². The van der Waals surface area contributed by atoms with E-state index in [0.29, 0.717) is 17.4 Å². The predicted molar refractivity (Wildman–Crippen MR) is 65.3 cm³/mol. The fourth-order valence-corrected chi connectivity index (χ4v) is 1.26. The Kier molecular flexibility index (Phi) is 4.27. The van der Waals surface area contributed by atoms with Gasteiger partial charge in [-0.15, -0.1) is 0 Å². The second kappa shape index (κ2) is 5.47. The molecule has 0 bridgehead atoms. The van der Waals surface area contributed by atoms with Gasteiger partial charge in [0, 0.05) is 18.8 Å². The normalized spacial score (nSPS) is 12.2. The molecule has 0 radical (unpaired) electrons. The molecule has 4 nitrogen and oxygen atoms in total. The molecule has 1 atom stereocenters. The van der Waals surface area contributed by atoms with Crippen LogP contribution in [-0.2, 0) is 0 Å². The minimum absolute atomic E-state index is 0.397. The van der Waals surface area contributed by atoms with Crippen LogP contribution in [0.5, 0.6) is 0 Å². The zero-order valence-electron chi connectivity index (χ0n) is 10.3. The van der Waals surface area contributed by atoms with Crippen LogP contribution < -0.4 is 5.32 Å². The maximum absolute atomic E-state index is 9.03. The van der Waals surface area contributed by atoms with Gasteiger partial charge in [0.1, 0.15) is 11.9 Å². The Bertz CT molecular complexity index is 392. The van der Waals surface area contributed by atoms with Gasteiger partial charge in [-0.25, -0.2) is 4.98 Å². The van der Waals surface area contributed by atoms with Crippen molar-refractivity contribution in [1.29, 1.82) is 5.26 Å². The minimum Gasteiger partial charge on any atom is -0.367 e. The van der Waals surface area contributed by atoms with Crippen LogP contribution in [0.25, 0.3) is 0 Å². The van der Waals surface area contributed by atoms with Crippen LogP contribution >= 0.6 is 0 Å². The zero-order chi connectivity index (χ0) is 12.1. The molecular weight excluding hydrogens is 200 g/mol. The summed E-state index contributed by atoms with van der Waals surface area (Å²) < 4.78 is 0. The van der Waals surface area contributed by atoms with Gasteiger partial charge in [-0.05, 0) is 39.6 Å². The zero-order valence-corrected chi connectivity index (χ0v) is 10.3. The van der Waals surface area contributed by atoms with Crippen molar-refractivity contribution in [3.8, 4) is 6.07 Å². The number of hydrogen-bond acceptors (Lipinski definition) is 4. The molecule has 0 spiro atoms. The molecule has 1 heterocycles. The smallest absolute Gasteiger partial charge is 0.144 e. The van der Waals surface area contributed by atoms with Gasteiger partial charge in [0.2, 0.25) is 0 Å². The largest absolute Gasteiger partial charge is 0.367 e. The number of likely N-dealkylation sites (N-methyl/N-ethyl adjacent to an activating group) is 1. The van der Waals surface area contributed by atoms with E-state index in [1.165, 1.54) is 0 Å². The maximum Gasteiger partial charge on any atom is 0.144 e. The first-order chi connectivity index (χ1) is 7.56. The summed E-state index contributed by atoms with van der Waals surface area (Å²) in [6.45, 7) is 4.81. The number of aromatic nitrogens is 1. The second-order valence-corrected chi connectivity index (χ2v) is 4.16. The molecule has 0 saturated heterocycles. The molecule has 4 heteroatoms. The average Bonchev–Trinajstić information content (AvgIpc) is 2.25. The van der Waals surface area contributed by atoms with Crippen LogP contribution in [0, 0.1) is 18.3 Å². The molecule has 0 amide bonds. The third-order valence-electron chi connectivity index (χ3n) is 2.72. The first kappa shape index (κ1) is 12.5. The standard InChI is InChI=1S/C12H18N4/c1-9-5-6-14-12(11(9)7-13)15-8-10(2)16(3)4/h5-6,10H,8H2,1-4H3,(H,14,15). The van der Waals surface area contributed by atoms with Crippen LogP contribution in [0.4, 0.5) is 5.82 Å². The molecule has 0 saturated carbocycles. The topological polar surface area (TPSA) is 52.0 Å². The molecular formula is C12H18N4. The average molecular weight is 218 g/mol. The Morgan fingerprint density at radius 2 is 2.25 bits per heavy atom. The minimum atomic E-state index is 0.397. The van der Waals surface area contributed by atoms with E-state index < -0.39 is 0 Å². The Morgan fingerprint density at radius 1 is 1.56 bits per heavy atom. The van der Waals surface area contributed by atoms with Crippen molar-refractivity contribution >= 4 is 5.82 Å². The summed E-state index contributed by atoms with van der Waals surface area (Å²) in [6.07, 6.45) is 1.72. The first-order valence-electron chi connectivity index (χ1n) is 5.32. The van der Waals surface area contributed by atoms with Gasteiger partial charge >= 0.3 is 0 Å². The van der Waals surface area contributed by atoms with E-state index in [9.17, 15) is 0 Å². The number of aryl methyl sites for hydroxylation is 1. The van der Waals surface area contributed by atoms with E-state index in [-0.39, 0.29) is 0 Å². The van der Waals surface area contributed by atoms with Gasteiger partial charge in [0.25, 0.3) is 0 Å². The van der Waals surface area contributed by atoms with E-state index >= 15 is 0 Å². The van der Waals surface area contributed by atoms with Crippen molar-refractivity contribution in [3.63, 3.8) is 0 Å². The maximum atomic E-state index is 9.03. The molecule has 0 fully saturated rings. The molecule has 0 aromatic carbocycles. The van der Waals surface area contributed by atoms with Gasteiger partial charge in [0.05, 0.1) is 5.56 Å². The quantitative estimate of drug-likeness (QED) is 0.834. The van der Waals surface area contributed by atoms with Gasteiger partial charge in [-0.1, -0.05) is 0 Å². The molecule has 0 aliphatic heterocycles. The summed E-state index contributed by atoms with van der Waals surface area (Å²) in [4.78, 5) is 6.31. The van der Waals surface area contributed by atoms with E-state index in [0.717, 1.165) is 12.1 Å². The number of nitriles is 1. The van der Waals surface area contributed by atoms with Gasteiger partial charge in [-0.3, -0.25) is 0 Å². The second-order valence-electron chi connectivity index (χ2n) is 4.16. The van der Waals surface area contributed by atoms with Gasteiger partial charge in [-0.2, -0.15) is 5.26 Å². The summed E-state index contributed by atoms with van der Waals surface area (Å²) in [7, 11) is 4.06. The molecule has 1 unspecified atom stereocenters. The predicted octanol–water partition coefficient (Wildman–Crippen LogP) is 1.62. The van der Waals surface area contributed by atoms with Crippen LogP contribution in [0.15, 0.2) is 12.3 Å². The lowest BCUT2D eigenvalue weighted by atomic mass is 10.1. The third kappa shape index (κ3) is 2.94. The fraction of sp³-hybridized carbons (Fsp3) is 0.500. The third-order valence-corrected chi connectivity index (χ3v) is 2.72. The molecule has 1 aromatic rings. The molecule has 16 heavy (non-hydrogen) atoms. The van der Waals surface area contributed by atoms with Crippen molar-refractivity contribution in [2.45, 2.75) is 19.9 Å². The Hall–Kier alpha value is -1.60. The van der Waals surface area contributed by atoms with Crippen molar-refractivity contribution in [2.24, 2.45) is 0 Å². The number of nitrogens with zero attached hydrogens (tertiary/aromatic N) is 3. The molecule has 1 N–H and O–H groups in total. The number of pyridine rings is 1. The molecule has 0 aliphatic carbocycles. The molecule has 1 rings (SSSR count). The summed E-state index contributed by atoms with van der Waals surface area (Å²) in [6, 6.07) is 4.42. The van der Waals surface area contributed by atoms with Crippen LogP contribution in [-0.4, -0.2) is 36.6 Å². The van der Waals surface area contributed by atoms with Crippen molar-refractivity contribution < 1.29 is 0 Å². The van der Waals surface area contributed by atoms with Gasteiger partial charge in [0.15, 0.2) is 0 Å². The Morgan fingerprint density at radius 3 is 2.81 bits per heavy atom. The van der Waals surface area contributed by atoms with Crippen LogP contribution in [0.3, 0.4) is 0 Å². The van der Waals surface area contributed by atoms with Gasteiger partial charge < -0.3 is 10.2 Å². The first-order valence-corrected chi connectivity index (χ1v) is 5.32. The van der Waals surface area contributed by atoms with Crippen molar-refractivity contribution in [3.05, 3.63) is 23.4 Å². The monoisotopic (exact) mass is 218 g/mol. The highest BCUT2D eigenvalue weighted by Gasteiger charge is 2.08. The lowest BCUT2D eigenvalue weighted by Crippen LogP contribution is -2.31. The number of nitrogens with one attached hydrogen (secondary N) is 1. The lowest BCUT2D eigenvalue weighted by Gasteiger charge is -2.20. The highest BCUT2D eigenvalue weighted by atomic mass is 15.1. The van der Waals surface area contributed by atoms with E-state index in [1.54, 1.807) is 6.20 Å². The highest BCUT2D eigenvalue weighted by molar-refractivity contribution is 5.55. The number of rotatable bonds is 4. The summed E-state index contributed by atoms with van der Waals surface area (Å²) >= 11 is 0. The number of anilines is 1. The van der Waals surface area contributed by atoms with E-state index in [1.807, 2.05) is 27.1 Å². The van der Waals surface area contributed by atoms with Crippen molar-refractivity contribution in [2.75, 3.05) is 26.0 Å². The molecule has 86 valence electrons. The van der Waals surface area contributed by atoms with E-state index in [4.69, 9.17) is 5.26 Å². The Balaban J connectivity index is 2.75. The van der Waals surface area contributed by atoms with Crippen LogP contribution in [0.2, 0.25) is 0 Å². The highest BCUT2D eigenvalue weighted by Crippen LogP contribution is 2.14. The Labute approximate surface area is 96.9 Å². The molecule has 0 aliphatic rings. The summed E-state index contributed by atoms with van der Waals surface area (Å²) in [5.41, 5.74) is 1.59. The summed E-state index contributed by atoms with van der Waals surface area (Å²) in [5.74, 6) is 0.677. The lowest BCUT2D eigenvalue weighted by molar-refractivity contribution is 0.326. The van der Waals surface area contributed by atoms with Crippen molar-refractivity contribution in [1.82, 2.24) is 9.88 Å². The fourth-order valence-electron chi connectivity index (χ4n) is 1.26. The van der Waals surface area contributed by atoms with E-state index in [2.05, 4.69) is 28.2 Å².